The molecule has 1 amide bonds. The monoisotopic (exact) mass is 2020 g/mol. The van der Waals surface area contributed by atoms with Crippen molar-refractivity contribution in [2.24, 2.45) is 23.7 Å². The largest absolute Gasteiger partial charge is 0.481 e. The van der Waals surface area contributed by atoms with E-state index in [2.05, 4.69) is 19.9 Å². The van der Waals surface area contributed by atoms with Crippen LogP contribution in [0.25, 0.3) is 0 Å². The molecular formula is C106H99Cl4F8N7O16. The van der Waals surface area contributed by atoms with E-state index in [0.29, 0.717) is 51.0 Å². The van der Waals surface area contributed by atoms with Gasteiger partial charge in [0.2, 0.25) is 5.91 Å². The number of carboxylic acid groups (broad SMARTS) is 1. The Morgan fingerprint density at radius 1 is 0.355 bits per heavy atom. The van der Waals surface area contributed by atoms with Crippen molar-refractivity contribution >= 4 is 58.3 Å². The Kier molecular flexibility index (Phi) is 28.3. The zero-order valence-corrected chi connectivity index (χ0v) is 79.5. The van der Waals surface area contributed by atoms with Crippen molar-refractivity contribution in [3.8, 4) is 23.0 Å². The molecule has 9 N–H and O–H groups in total. The lowest BCUT2D eigenvalue weighted by Gasteiger charge is -2.40. The van der Waals surface area contributed by atoms with Gasteiger partial charge in [0.05, 0.1) is 44.1 Å². The number of carbonyl (C=O) groups excluding carboxylic acids is 1. The van der Waals surface area contributed by atoms with E-state index in [9.17, 15) is 90.7 Å². The van der Waals surface area contributed by atoms with Gasteiger partial charge in [0, 0.05) is 147 Å². The quantitative estimate of drug-likeness (QED) is 0.0360. The van der Waals surface area contributed by atoms with Gasteiger partial charge in [0.25, 0.3) is 25.7 Å². The molecule has 35 heteroatoms. The van der Waals surface area contributed by atoms with Crippen LogP contribution >= 0.6 is 46.4 Å². The molecule has 5 aliphatic heterocycles. The van der Waals surface area contributed by atoms with Crippen molar-refractivity contribution in [1.82, 2.24) is 34.6 Å². The molecule has 8 aromatic carbocycles. The SMILES string of the molecule is C1CCOC1.CN(C)C(=O)[C@H]1[C@@H](O)[C@@]2(O)c3ncc(Cl)cc3O[C@@]2(c2ccc(C(F)F)cc2)[C@@H]1c1ccccc1.CN(C)C[C@H]1[C@@H](O)[C@@]2(O)c3ncc(Cl)cc3O[C@@]2(c2ccc(C(F)F)cc2)[C@@H]1c1ccccc1.CN(C)C[C@H]1[C@@H](O)[C@@]2(O)c3ncc(Cl)cc3O[C@@]2(c2ccc(C(F)F)cc2)[C@@H]1c1ccccc1.O=C(O)[C@H]1[C@@H](O)[C@@]2(O)c3ncc(Cl)cc3O[C@@]2(c2ccc(C(F)F)cc2)[C@@H]1c1ccccc1. The molecule has 0 unspecified atom stereocenters. The third-order valence-electron chi connectivity index (χ3n) is 28.6. The van der Waals surface area contributed by atoms with E-state index in [1.807, 2.05) is 98.7 Å². The number of hydrogen-bond donors (Lipinski definition) is 9. The lowest BCUT2D eigenvalue weighted by atomic mass is 9.71. The van der Waals surface area contributed by atoms with Gasteiger partial charge in [-0.3, -0.25) is 29.5 Å². The highest BCUT2D eigenvalue weighted by Crippen LogP contribution is 2.74. The summed E-state index contributed by atoms with van der Waals surface area (Å²) in [6, 6.07) is 64.4. The molecule has 5 fully saturated rings. The second-order valence-electron chi connectivity index (χ2n) is 37.2. The Hall–Kier alpha value is -11.3. The number of pyridine rings is 4. The summed E-state index contributed by atoms with van der Waals surface area (Å²) in [5.41, 5.74) is -11.2. The van der Waals surface area contributed by atoms with Crippen molar-refractivity contribution in [3.05, 3.63) is 377 Å². The van der Waals surface area contributed by atoms with Gasteiger partial charge in [-0.1, -0.05) is 265 Å². The molecule has 0 spiro atoms. The molecular weight excluding hydrogens is 1920 g/mol. The predicted octanol–water partition coefficient (Wildman–Crippen LogP) is 17.8. The molecule has 0 bridgehead atoms. The van der Waals surface area contributed by atoms with Gasteiger partial charge in [-0.2, -0.15) is 0 Å². The molecule has 9 aliphatic rings. The van der Waals surface area contributed by atoms with Crippen molar-refractivity contribution in [2.45, 2.75) is 131 Å². The summed E-state index contributed by atoms with van der Waals surface area (Å²) in [7, 11) is 10.7. The van der Waals surface area contributed by atoms with Gasteiger partial charge in [-0.25, -0.2) is 35.1 Å². The molecule has 141 heavy (non-hydrogen) atoms. The Balaban J connectivity index is 0.000000127. The van der Waals surface area contributed by atoms with Crippen molar-refractivity contribution < 1.29 is 114 Å². The second kappa shape index (κ2) is 39.4. The zero-order chi connectivity index (χ0) is 101. The average Bonchev–Trinajstić information content (AvgIpc) is 1.51. The number of carboxylic acids is 1. The average molecular weight is 2020 g/mol. The summed E-state index contributed by atoms with van der Waals surface area (Å²) >= 11 is 24.6. The van der Waals surface area contributed by atoms with E-state index in [4.69, 9.17) is 70.1 Å². The maximum absolute atomic E-state index is 13.5. The first-order valence-electron chi connectivity index (χ1n) is 45.3. The second-order valence-corrected chi connectivity index (χ2v) is 39.0. The molecule has 20 atom stereocenters. The van der Waals surface area contributed by atoms with Crippen LogP contribution in [-0.2, 0) is 59.1 Å². The molecule has 4 aromatic heterocycles. The maximum Gasteiger partial charge on any atom is 0.310 e. The molecule has 9 heterocycles. The lowest BCUT2D eigenvalue weighted by Crippen LogP contribution is -2.52. The van der Waals surface area contributed by atoms with E-state index >= 15 is 0 Å². The lowest BCUT2D eigenvalue weighted by molar-refractivity contribution is -0.160. The minimum atomic E-state index is -2.72. The number of alkyl halides is 8. The number of amides is 1. The molecule has 4 aliphatic carbocycles. The van der Waals surface area contributed by atoms with Gasteiger partial charge < -0.3 is 84.3 Å². The topological polar surface area (TPSA) is 324 Å². The Morgan fingerprint density at radius 2 is 0.589 bits per heavy atom. The van der Waals surface area contributed by atoms with Gasteiger partial charge in [0.15, 0.2) is 44.8 Å². The smallest absolute Gasteiger partial charge is 0.310 e. The van der Waals surface area contributed by atoms with Crippen LogP contribution in [0, 0.1) is 23.7 Å². The standard InChI is InChI=1S/C26H23ClF2N2O4.2C26H25ClF2N2O3.C24H18ClF2NO5.C4H8O/c1-31(2)24(33)19-20(14-6-4-3-5-7-14)26(16-10-8-15(9-11-16)23(28)29)25(34,22(19)32)21-18(35-26)12-17(27)13-30-21;2*1-31(2)14-19-21(15-6-4-3-5-7-15)26(17-10-8-16(9-11-17)24(28)29)25(33,23(19)32)22-20(34-26)12-18(27)13-30-22;25-15-10-16-19(28-11-15)23(32)20(29)17(22(30)31)18(12-4-2-1-3-5-12)24(23,33-16)14-8-6-13(7-9-14)21(26)27;1-2-4-5-3-1/h3-13,19-20,22-23,32,34H,1-2H3;2*3-13,19,21,23-24,32-33H,14H2,1-2H3;1-11,17-18,20-21,29,32H,(H,30,31);1-4H2/t19-,20-,22-,25+,26+;2*19-,21-,23-,25+,26+;17-,18-,20-,23+,24+;/m1111./s1. The summed E-state index contributed by atoms with van der Waals surface area (Å²) in [4.78, 5) is 48.3. The first-order valence-corrected chi connectivity index (χ1v) is 46.8. The van der Waals surface area contributed by atoms with Crippen LogP contribution in [0.4, 0.5) is 35.1 Å². The van der Waals surface area contributed by atoms with Crippen LogP contribution in [0.2, 0.25) is 20.1 Å². The summed E-state index contributed by atoms with van der Waals surface area (Å²) < 4.78 is 137. The molecule has 738 valence electrons. The third-order valence-corrected chi connectivity index (χ3v) is 29.4. The number of aliphatic hydroxyl groups excluding tert-OH is 4. The van der Waals surface area contributed by atoms with Crippen LogP contribution in [0.15, 0.2) is 267 Å². The Morgan fingerprint density at radius 3 is 0.816 bits per heavy atom. The highest BCUT2D eigenvalue weighted by molar-refractivity contribution is 6.31. The summed E-state index contributed by atoms with van der Waals surface area (Å²) in [5, 5.41) is 107. The van der Waals surface area contributed by atoms with Gasteiger partial charge >= 0.3 is 5.97 Å². The van der Waals surface area contributed by atoms with Crippen LogP contribution in [0.3, 0.4) is 0 Å². The predicted molar refractivity (Wildman–Crippen MR) is 506 cm³/mol. The highest BCUT2D eigenvalue weighted by atomic mass is 35.5. The van der Waals surface area contributed by atoms with Crippen molar-refractivity contribution in [3.63, 3.8) is 0 Å². The number of nitrogens with zero attached hydrogens (tertiary/aromatic N) is 7. The zero-order valence-electron chi connectivity index (χ0n) is 76.4. The molecule has 23 nitrogen and oxygen atoms in total. The minimum Gasteiger partial charge on any atom is -0.481 e. The normalized spacial score (nSPS) is 29.5. The van der Waals surface area contributed by atoms with Gasteiger partial charge in [0.1, 0.15) is 58.0 Å². The third kappa shape index (κ3) is 16.5. The first-order chi connectivity index (χ1) is 67.2. The fourth-order valence-corrected chi connectivity index (χ4v) is 23.5. The number of fused-ring (bicyclic) bond motifs is 12. The number of aromatic nitrogens is 4. The number of rotatable bonds is 18. The van der Waals surface area contributed by atoms with Crippen LogP contribution in [0.1, 0.15) is 152 Å². The molecule has 12 aromatic rings. The Labute approximate surface area is 826 Å². The van der Waals surface area contributed by atoms with Gasteiger partial charge in [-0.05, 0) is 85.5 Å². The summed E-state index contributed by atoms with van der Waals surface area (Å²) in [6.45, 7) is 2.90. The molecule has 0 radical (unpaired) electrons. The van der Waals surface area contributed by atoms with Crippen molar-refractivity contribution in [1.29, 1.82) is 0 Å². The fraction of sp³-hybridized carbons (Fsp3) is 0.340. The van der Waals surface area contributed by atoms with E-state index in [0.717, 1.165) is 24.3 Å². The number of aliphatic carboxylic acids is 1. The first kappa shape index (κ1) is 101. The number of benzene rings is 8. The number of hydrogen-bond acceptors (Lipinski definition) is 21. The maximum atomic E-state index is 13.5. The summed E-state index contributed by atoms with van der Waals surface area (Å²) in [6.07, 6.45) is -8.71. The van der Waals surface area contributed by atoms with E-state index in [1.54, 1.807) is 111 Å². The molecule has 4 saturated carbocycles. The van der Waals surface area contributed by atoms with Crippen LogP contribution in [0.5, 0.6) is 23.0 Å². The van der Waals surface area contributed by atoms with Crippen LogP contribution < -0.4 is 18.9 Å². The van der Waals surface area contributed by atoms with E-state index < -0.39 is 154 Å². The van der Waals surface area contributed by atoms with E-state index in [1.165, 1.54) is 127 Å². The fourth-order valence-electron chi connectivity index (χ4n) is 22.9. The van der Waals surface area contributed by atoms with E-state index in [-0.39, 0.29) is 83.6 Å². The number of aliphatic hydroxyl groups is 8. The Bertz CT molecular complexity index is 6330. The molecule has 21 rings (SSSR count). The molecule has 1 saturated heterocycles. The summed E-state index contributed by atoms with van der Waals surface area (Å²) in [5.74, 6) is -7.60. The van der Waals surface area contributed by atoms with Crippen molar-refractivity contribution in [2.75, 3.05) is 68.6 Å². The number of halogens is 12. The number of carbonyl (C=O) groups is 2. The van der Waals surface area contributed by atoms with Gasteiger partial charge in [-0.15, -0.1) is 0 Å². The minimum absolute atomic E-state index is 0.0299. The highest BCUT2D eigenvalue weighted by Gasteiger charge is 2.82. The van der Waals surface area contributed by atoms with Crippen LogP contribution in [-0.4, -0.2) is 185 Å². The number of ether oxygens (including phenoxy) is 5.